The SMILES string of the molecule is O=C(COC(=O)c1ccccc1SCC(=O)NCc1ccccc1)NCc1ccccc1. The molecule has 0 aliphatic heterocycles. The van der Waals surface area contributed by atoms with E-state index in [1.165, 1.54) is 11.8 Å². The number of esters is 1. The summed E-state index contributed by atoms with van der Waals surface area (Å²) >= 11 is 1.25. The Morgan fingerprint density at radius 2 is 1.22 bits per heavy atom. The number of hydrogen-bond donors (Lipinski definition) is 2. The normalized spacial score (nSPS) is 10.2. The van der Waals surface area contributed by atoms with E-state index in [0.29, 0.717) is 23.5 Å². The molecule has 7 heteroatoms. The first kappa shape index (κ1) is 23.1. The fourth-order valence-electron chi connectivity index (χ4n) is 2.81. The second-order valence-corrected chi connectivity index (χ2v) is 7.90. The molecule has 0 bridgehead atoms. The summed E-state index contributed by atoms with van der Waals surface area (Å²) in [4.78, 5) is 37.3. The number of nitrogens with one attached hydrogen (secondary N) is 2. The third kappa shape index (κ3) is 7.59. The van der Waals surface area contributed by atoms with Gasteiger partial charge in [0.05, 0.1) is 11.3 Å². The van der Waals surface area contributed by atoms with Crippen molar-refractivity contribution in [1.82, 2.24) is 10.6 Å². The van der Waals surface area contributed by atoms with E-state index in [2.05, 4.69) is 10.6 Å². The van der Waals surface area contributed by atoms with Gasteiger partial charge in [-0.1, -0.05) is 72.8 Å². The fourth-order valence-corrected chi connectivity index (χ4v) is 3.68. The van der Waals surface area contributed by atoms with E-state index in [1.54, 1.807) is 24.3 Å². The second-order valence-electron chi connectivity index (χ2n) is 6.89. The van der Waals surface area contributed by atoms with Crippen molar-refractivity contribution in [3.05, 3.63) is 102 Å². The monoisotopic (exact) mass is 448 g/mol. The van der Waals surface area contributed by atoms with E-state index in [1.807, 2.05) is 60.7 Å². The number of hydrogen-bond acceptors (Lipinski definition) is 5. The fraction of sp³-hybridized carbons (Fsp3) is 0.160. The predicted molar refractivity (Wildman–Crippen MR) is 124 cm³/mol. The molecule has 0 heterocycles. The largest absolute Gasteiger partial charge is 0.452 e. The highest BCUT2D eigenvalue weighted by Crippen LogP contribution is 2.23. The molecular weight excluding hydrogens is 424 g/mol. The Labute approximate surface area is 191 Å². The maximum Gasteiger partial charge on any atom is 0.339 e. The van der Waals surface area contributed by atoms with Gasteiger partial charge in [0.25, 0.3) is 5.91 Å². The van der Waals surface area contributed by atoms with Crippen LogP contribution >= 0.6 is 11.8 Å². The summed E-state index contributed by atoms with van der Waals surface area (Å²) in [6.45, 7) is 0.437. The molecule has 32 heavy (non-hydrogen) atoms. The zero-order valence-electron chi connectivity index (χ0n) is 17.5. The summed E-state index contributed by atoms with van der Waals surface area (Å²) in [6.07, 6.45) is 0. The zero-order chi connectivity index (χ0) is 22.6. The number of ether oxygens (including phenoxy) is 1. The Bertz CT molecular complexity index is 1040. The maximum absolute atomic E-state index is 12.5. The molecule has 0 saturated carbocycles. The van der Waals surface area contributed by atoms with Crippen molar-refractivity contribution in [3.8, 4) is 0 Å². The smallest absolute Gasteiger partial charge is 0.339 e. The molecule has 6 nitrogen and oxygen atoms in total. The van der Waals surface area contributed by atoms with Crippen molar-refractivity contribution in [2.45, 2.75) is 18.0 Å². The van der Waals surface area contributed by atoms with Gasteiger partial charge >= 0.3 is 5.97 Å². The van der Waals surface area contributed by atoms with Gasteiger partial charge in [-0.2, -0.15) is 0 Å². The molecule has 3 aromatic rings. The van der Waals surface area contributed by atoms with E-state index in [9.17, 15) is 14.4 Å². The first-order valence-corrected chi connectivity index (χ1v) is 11.1. The van der Waals surface area contributed by atoms with Crippen molar-refractivity contribution < 1.29 is 19.1 Å². The molecule has 0 aliphatic rings. The summed E-state index contributed by atoms with van der Waals surface area (Å²) < 4.78 is 5.17. The molecule has 164 valence electrons. The van der Waals surface area contributed by atoms with Crippen molar-refractivity contribution in [3.63, 3.8) is 0 Å². The van der Waals surface area contributed by atoms with Crippen LogP contribution in [-0.2, 0) is 27.4 Å². The lowest BCUT2D eigenvalue weighted by Crippen LogP contribution is -2.28. The molecule has 0 aromatic heterocycles. The first-order valence-electron chi connectivity index (χ1n) is 10.1. The average Bonchev–Trinajstić information content (AvgIpc) is 2.85. The Kier molecular flexibility index (Phi) is 8.89. The lowest BCUT2D eigenvalue weighted by atomic mass is 10.2. The third-order valence-corrected chi connectivity index (χ3v) is 5.54. The van der Waals surface area contributed by atoms with Crippen molar-refractivity contribution >= 4 is 29.5 Å². The minimum atomic E-state index is -0.604. The van der Waals surface area contributed by atoms with Gasteiger partial charge in [0, 0.05) is 18.0 Å². The summed E-state index contributed by atoms with van der Waals surface area (Å²) in [5.74, 6) is -0.961. The highest BCUT2D eigenvalue weighted by Gasteiger charge is 2.15. The highest BCUT2D eigenvalue weighted by molar-refractivity contribution is 8.00. The number of thioether (sulfide) groups is 1. The molecule has 0 atom stereocenters. The van der Waals surface area contributed by atoms with E-state index in [0.717, 1.165) is 11.1 Å². The van der Waals surface area contributed by atoms with Crippen LogP contribution in [0.25, 0.3) is 0 Å². The maximum atomic E-state index is 12.5. The summed E-state index contributed by atoms with van der Waals surface area (Å²) in [5.41, 5.74) is 2.30. The van der Waals surface area contributed by atoms with Gasteiger partial charge in [-0.25, -0.2) is 4.79 Å². The van der Waals surface area contributed by atoms with Crippen LogP contribution in [0.15, 0.2) is 89.8 Å². The van der Waals surface area contributed by atoms with Gasteiger partial charge in [0.1, 0.15) is 0 Å². The minimum absolute atomic E-state index is 0.137. The van der Waals surface area contributed by atoms with Gasteiger partial charge in [-0.15, -0.1) is 11.8 Å². The van der Waals surface area contributed by atoms with Crippen LogP contribution in [0.1, 0.15) is 21.5 Å². The molecule has 0 unspecified atom stereocenters. The van der Waals surface area contributed by atoms with Crippen LogP contribution in [0.5, 0.6) is 0 Å². The van der Waals surface area contributed by atoms with Gasteiger partial charge in [0.2, 0.25) is 5.91 Å². The van der Waals surface area contributed by atoms with Crippen molar-refractivity contribution in [2.75, 3.05) is 12.4 Å². The van der Waals surface area contributed by atoms with Crippen LogP contribution in [0.3, 0.4) is 0 Å². The Hall–Kier alpha value is -3.58. The molecule has 0 fully saturated rings. The Morgan fingerprint density at radius 3 is 1.84 bits per heavy atom. The van der Waals surface area contributed by atoms with Gasteiger partial charge in [0.15, 0.2) is 6.61 Å². The van der Waals surface area contributed by atoms with Crippen molar-refractivity contribution in [2.24, 2.45) is 0 Å². The zero-order valence-corrected chi connectivity index (χ0v) is 18.3. The van der Waals surface area contributed by atoms with Gasteiger partial charge in [-0.05, 0) is 23.3 Å². The van der Waals surface area contributed by atoms with Gasteiger partial charge < -0.3 is 15.4 Å². The molecule has 2 amide bonds. The number of amides is 2. The summed E-state index contributed by atoms with van der Waals surface area (Å²) in [5, 5.41) is 5.57. The van der Waals surface area contributed by atoms with E-state index in [4.69, 9.17) is 4.74 Å². The number of rotatable bonds is 10. The highest BCUT2D eigenvalue weighted by atomic mass is 32.2. The number of benzene rings is 3. The van der Waals surface area contributed by atoms with E-state index in [-0.39, 0.29) is 24.2 Å². The molecule has 0 aliphatic carbocycles. The summed E-state index contributed by atoms with van der Waals surface area (Å²) in [7, 11) is 0. The van der Waals surface area contributed by atoms with Crippen LogP contribution < -0.4 is 10.6 Å². The van der Waals surface area contributed by atoms with Crippen LogP contribution in [0.4, 0.5) is 0 Å². The topological polar surface area (TPSA) is 84.5 Å². The molecule has 0 radical (unpaired) electrons. The van der Waals surface area contributed by atoms with Gasteiger partial charge in [-0.3, -0.25) is 9.59 Å². The molecule has 3 aromatic carbocycles. The Balaban J connectivity index is 1.45. The standard InChI is InChI=1S/C25H24N2O4S/c28-23(26-15-19-9-3-1-4-10-19)17-31-25(30)21-13-7-8-14-22(21)32-18-24(29)27-16-20-11-5-2-6-12-20/h1-14H,15-18H2,(H,26,28)(H,27,29). The molecular formula is C25H24N2O4S. The predicted octanol–water partition coefficient (Wildman–Crippen LogP) is 3.57. The van der Waals surface area contributed by atoms with E-state index < -0.39 is 5.97 Å². The first-order chi connectivity index (χ1) is 15.6. The lowest BCUT2D eigenvalue weighted by Gasteiger charge is -2.10. The third-order valence-electron chi connectivity index (χ3n) is 4.47. The quantitative estimate of drug-likeness (QED) is 0.366. The molecule has 3 rings (SSSR count). The lowest BCUT2D eigenvalue weighted by molar-refractivity contribution is -0.124. The number of carbonyl (C=O) groups excluding carboxylic acids is 3. The van der Waals surface area contributed by atoms with Crippen LogP contribution in [0, 0.1) is 0 Å². The van der Waals surface area contributed by atoms with Crippen LogP contribution in [-0.4, -0.2) is 30.1 Å². The van der Waals surface area contributed by atoms with Crippen molar-refractivity contribution in [1.29, 1.82) is 0 Å². The molecule has 0 saturated heterocycles. The second kappa shape index (κ2) is 12.3. The minimum Gasteiger partial charge on any atom is -0.452 e. The number of carbonyl (C=O) groups is 3. The summed E-state index contributed by atoms with van der Waals surface area (Å²) in [6, 6.07) is 26.0. The Morgan fingerprint density at radius 1 is 0.688 bits per heavy atom. The van der Waals surface area contributed by atoms with E-state index >= 15 is 0 Å². The molecule has 0 spiro atoms. The van der Waals surface area contributed by atoms with Crippen LogP contribution in [0.2, 0.25) is 0 Å². The molecule has 2 N–H and O–H groups in total. The average molecular weight is 449 g/mol.